The number of rotatable bonds is 3. The molecule has 98 valence electrons. The van der Waals surface area contributed by atoms with Crippen molar-refractivity contribution >= 4 is 34.0 Å². The molecule has 2 aromatic rings. The average molecular weight is 293 g/mol. The van der Waals surface area contributed by atoms with E-state index < -0.39 is 5.38 Å². The van der Waals surface area contributed by atoms with Gasteiger partial charge in [0.05, 0.1) is 5.69 Å². The van der Waals surface area contributed by atoms with Crippen LogP contribution in [0.25, 0.3) is 0 Å². The van der Waals surface area contributed by atoms with Crippen LogP contribution < -0.4 is 5.32 Å². The van der Waals surface area contributed by atoms with Crippen LogP contribution in [0.3, 0.4) is 0 Å². The van der Waals surface area contributed by atoms with Crippen molar-refractivity contribution in [1.29, 1.82) is 0 Å². The van der Waals surface area contributed by atoms with Gasteiger partial charge in [0, 0.05) is 4.88 Å². The Balaban J connectivity index is 1.70. The van der Waals surface area contributed by atoms with Gasteiger partial charge in [0.25, 0.3) is 0 Å². The minimum Gasteiger partial charge on any atom is -0.300 e. The van der Waals surface area contributed by atoms with E-state index >= 15 is 0 Å². The Hall–Kier alpha value is -1.39. The van der Waals surface area contributed by atoms with Gasteiger partial charge < -0.3 is 5.32 Å². The molecular formula is C14H13ClN2OS. The molecule has 19 heavy (non-hydrogen) atoms. The molecule has 0 fully saturated rings. The molecule has 0 spiro atoms. The lowest BCUT2D eigenvalue weighted by Crippen LogP contribution is -2.17. The molecule has 1 atom stereocenters. The highest BCUT2D eigenvalue weighted by Crippen LogP contribution is 2.31. The summed E-state index contributed by atoms with van der Waals surface area (Å²) < 4.78 is 0. The van der Waals surface area contributed by atoms with Crippen LogP contribution in [0.2, 0.25) is 0 Å². The standard InChI is InChI=1S/C14H13ClN2OS/c15-12(9-5-2-1-3-6-9)13(18)17-14-16-10-7-4-8-11(10)19-14/h1-3,5-6,12H,4,7-8H2,(H,16,17,18). The van der Waals surface area contributed by atoms with Crippen LogP contribution >= 0.6 is 22.9 Å². The highest BCUT2D eigenvalue weighted by Gasteiger charge is 2.21. The molecule has 5 heteroatoms. The Morgan fingerprint density at radius 2 is 2.11 bits per heavy atom. The number of amides is 1. The lowest BCUT2D eigenvalue weighted by molar-refractivity contribution is -0.116. The number of hydrogen-bond donors (Lipinski definition) is 1. The minimum atomic E-state index is -0.681. The van der Waals surface area contributed by atoms with E-state index in [1.54, 1.807) is 11.3 Å². The molecule has 1 heterocycles. The first kappa shape index (κ1) is 12.6. The van der Waals surface area contributed by atoms with E-state index in [2.05, 4.69) is 10.3 Å². The van der Waals surface area contributed by atoms with Crippen molar-refractivity contribution in [3.8, 4) is 0 Å². The van der Waals surface area contributed by atoms with Crippen molar-refractivity contribution < 1.29 is 4.79 Å². The van der Waals surface area contributed by atoms with Gasteiger partial charge >= 0.3 is 0 Å². The molecule has 1 aromatic carbocycles. The lowest BCUT2D eigenvalue weighted by Gasteiger charge is -2.08. The third-order valence-electron chi connectivity index (χ3n) is 3.15. The first-order valence-corrected chi connectivity index (χ1v) is 7.48. The predicted molar refractivity (Wildman–Crippen MR) is 77.8 cm³/mol. The summed E-state index contributed by atoms with van der Waals surface area (Å²) in [6.45, 7) is 0. The van der Waals surface area contributed by atoms with E-state index in [4.69, 9.17) is 11.6 Å². The summed E-state index contributed by atoms with van der Waals surface area (Å²) in [7, 11) is 0. The molecule has 1 aliphatic carbocycles. The van der Waals surface area contributed by atoms with Gasteiger partial charge in [-0.1, -0.05) is 30.3 Å². The Kier molecular flexibility index (Phi) is 3.53. The molecule has 0 saturated heterocycles. The molecular weight excluding hydrogens is 280 g/mol. The fourth-order valence-corrected chi connectivity index (χ4v) is 3.44. The smallest absolute Gasteiger partial charge is 0.248 e. The number of aromatic nitrogens is 1. The van der Waals surface area contributed by atoms with Crippen LogP contribution in [0.1, 0.15) is 27.9 Å². The van der Waals surface area contributed by atoms with Gasteiger partial charge in [-0.25, -0.2) is 4.98 Å². The number of nitrogens with one attached hydrogen (secondary N) is 1. The number of halogens is 1. The summed E-state index contributed by atoms with van der Waals surface area (Å²) >= 11 is 7.73. The molecule has 0 saturated carbocycles. The van der Waals surface area contributed by atoms with Gasteiger partial charge in [-0.05, 0) is 24.8 Å². The number of benzene rings is 1. The number of nitrogens with zero attached hydrogens (tertiary/aromatic N) is 1. The molecule has 3 rings (SSSR count). The number of hydrogen-bond acceptors (Lipinski definition) is 3. The van der Waals surface area contributed by atoms with Gasteiger partial charge in [-0.2, -0.15) is 0 Å². The van der Waals surface area contributed by atoms with Gasteiger partial charge in [0.1, 0.15) is 5.38 Å². The third-order valence-corrected chi connectivity index (χ3v) is 4.67. The van der Waals surface area contributed by atoms with Crippen molar-refractivity contribution in [3.05, 3.63) is 46.5 Å². The van der Waals surface area contributed by atoms with E-state index in [9.17, 15) is 4.79 Å². The van der Waals surface area contributed by atoms with Crippen molar-refractivity contribution in [2.24, 2.45) is 0 Å². The second-order valence-corrected chi connectivity index (χ2v) is 6.02. The van der Waals surface area contributed by atoms with E-state index in [1.165, 1.54) is 11.3 Å². The van der Waals surface area contributed by atoms with Crippen molar-refractivity contribution in [2.75, 3.05) is 5.32 Å². The van der Waals surface area contributed by atoms with E-state index in [0.29, 0.717) is 5.13 Å². The molecule has 3 nitrogen and oxygen atoms in total. The number of aryl methyl sites for hydroxylation is 2. The van der Waals surface area contributed by atoms with E-state index in [1.807, 2.05) is 30.3 Å². The fourth-order valence-electron chi connectivity index (χ4n) is 2.19. The zero-order chi connectivity index (χ0) is 13.2. The summed E-state index contributed by atoms with van der Waals surface area (Å²) in [5.74, 6) is -0.222. The average Bonchev–Trinajstić information content (AvgIpc) is 2.99. The number of anilines is 1. The van der Waals surface area contributed by atoms with Crippen LogP contribution in [0, 0.1) is 0 Å². The van der Waals surface area contributed by atoms with E-state index in [-0.39, 0.29) is 5.91 Å². The summed E-state index contributed by atoms with van der Waals surface area (Å²) in [4.78, 5) is 17.8. The van der Waals surface area contributed by atoms with Gasteiger partial charge in [0.2, 0.25) is 5.91 Å². The first-order valence-electron chi connectivity index (χ1n) is 6.22. The molecule has 1 amide bonds. The summed E-state index contributed by atoms with van der Waals surface area (Å²) in [6.07, 6.45) is 3.26. The summed E-state index contributed by atoms with van der Waals surface area (Å²) in [6, 6.07) is 9.33. The Morgan fingerprint density at radius 1 is 1.32 bits per heavy atom. The SMILES string of the molecule is O=C(Nc1nc2c(s1)CCC2)C(Cl)c1ccccc1. The Bertz CT molecular complexity index is 575. The fraction of sp³-hybridized carbons (Fsp3) is 0.286. The highest BCUT2D eigenvalue weighted by atomic mass is 35.5. The number of carbonyl (C=O) groups excluding carboxylic acids is 1. The maximum Gasteiger partial charge on any atom is 0.248 e. The van der Waals surface area contributed by atoms with Gasteiger partial charge in [0.15, 0.2) is 5.13 Å². The number of thiazole rings is 1. The van der Waals surface area contributed by atoms with Gasteiger partial charge in [-0.15, -0.1) is 22.9 Å². The van der Waals surface area contributed by atoms with Crippen molar-refractivity contribution in [1.82, 2.24) is 4.98 Å². The zero-order valence-corrected chi connectivity index (χ0v) is 11.8. The second-order valence-electron chi connectivity index (χ2n) is 4.50. The topological polar surface area (TPSA) is 42.0 Å². The highest BCUT2D eigenvalue weighted by molar-refractivity contribution is 7.15. The normalized spacial score (nSPS) is 15.0. The zero-order valence-electron chi connectivity index (χ0n) is 10.2. The maximum absolute atomic E-state index is 12.1. The van der Waals surface area contributed by atoms with Crippen molar-refractivity contribution in [2.45, 2.75) is 24.6 Å². The molecule has 1 N–H and O–H groups in total. The molecule has 0 aliphatic heterocycles. The van der Waals surface area contributed by atoms with Crippen LogP contribution in [-0.2, 0) is 17.6 Å². The minimum absolute atomic E-state index is 0.222. The van der Waals surface area contributed by atoms with Crippen LogP contribution in [0.5, 0.6) is 0 Å². The maximum atomic E-state index is 12.1. The molecule has 1 unspecified atom stereocenters. The predicted octanol–water partition coefficient (Wildman–Crippen LogP) is 3.55. The molecule has 0 radical (unpaired) electrons. The molecule has 0 bridgehead atoms. The van der Waals surface area contributed by atoms with Crippen molar-refractivity contribution in [3.63, 3.8) is 0 Å². The largest absolute Gasteiger partial charge is 0.300 e. The lowest BCUT2D eigenvalue weighted by atomic mass is 10.1. The van der Waals surface area contributed by atoms with Crippen LogP contribution in [0.4, 0.5) is 5.13 Å². The number of fused-ring (bicyclic) bond motifs is 1. The Morgan fingerprint density at radius 3 is 2.84 bits per heavy atom. The van der Waals surface area contributed by atoms with Crippen LogP contribution in [-0.4, -0.2) is 10.9 Å². The first-order chi connectivity index (χ1) is 9.24. The molecule has 1 aromatic heterocycles. The second kappa shape index (κ2) is 5.31. The number of alkyl halides is 1. The van der Waals surface area contributed by atoms with Gasteiger partial charge in [-0.3, -0.25) is 4.79 Å². The summed E-state index contributed by atoms with van der Waals surface area (Å²) in [5, 5.41) is 2.79. The number of carbonyl (C=O) groups is 1. The van der Waals surface area contributed by atoms with Crippen LogP contribution in [0.15, 0.2) is 30.3 Å². The monoisotopic (exact) mass is 292 g/mol. The Labute approximate surface area is 120 Å². The summed E-state index contributed by atoms with van der Waals surface area (Å²) in [5.41, 5.74) is 1.93. The quantitative estimate of drug-likeness (QED) is 0.879. The third kappa shape index (κ3) is 2.65. The van der Waals surface area contributed by atoms with E-state index in [0.717, 1.165) is 24.1 Å². The molecule has 1 aliphatic rings.